The summed E-state index contributed by atoms with van der Waals surface area (Å²) in [6.07, 6.45) is 1.25. The van der Waals surface area contributed by atoms with Gasteiger partial charge in [0, 0.05) is 19.0 Å². The standard InChI is InChI=1S/C14H29N3O2/c1-10(2)6-11(8-15)17-13(19)9-16-12(18)7-14(3,4)5/h10-11H,6-9,15H2,1-5H3,(H,16,18)(H,17,19). The quantitative estimate of drug-likeness (QED) is 0.646. The molecule has 0 heterocycles. The molecule has 0 saturated carbocycles. The minimum Gasteiger partial charge on any atom is -0.351 e. The molecule has 19 heavy (non-hydrogen) atoms. The summed E-state index contributed by atoms with van der Waals surface area (Å²) in [4.78, 5) is 23.3. The lowest BCUT2D eigenvalue weighted by Gasteiger charge is -2.20. The summed E-state index contributed by atoms with van der Waals surface area (Å²) in [5, 5.41) is 5.47. The van der Waals surface area contributed by atoms with Crippen molar-refractivity contribution in [2.75, 3.05) is 13.1 Å². The van der Waals surface area contributed by atoms with Crippen LogP contribution in [0.4, 0.5) is 0 Å². The van der Waals surface area contributed by atoms with Crippen molar-refractivity contribution < 1.29 is 9.59 Å². The Bertz CT molecular complexity index is 296. The summed E-state index contributed by atoms with van der Waals surface area (Å²) in [7, 11) is 0. The zero-order valence-corrected chi connectivity index (χ0v) is 12.9. The molecule has 0 aromatic heterocycles. The van der Waals surface area contributed by atoms with E-state index in [2.05, 4.69) is 24.5 Å². The molecule has 0 aliphatic carbocycles. The molecule has 0 radical (unpaired) electrons. The first-order chi connectivity index (χ1) is 8.64. The van der Waals surface area contributed by atoms with E-state index in [4.69, 9.17) is 5.73 Å². The molecule has 0 saturated heterocycles. The predicted molar refractivity (Wildman–Crippen MR) is 77.5 cm³/mol. The van der Waals surface area contributed by atoms with E-state index >= 15 is 0 Å². The van der Waals surface area contributed by atoms with Crippen LogP contribution in [0.5, 0.6) is 0 Å². The fraction of sp³-hybridized carbons (Fsp3) is 0.857. The molecule has 4 N–H and O–H groups in total. The molecule has 0 bridgehead atoms. The highest BCUT2D eigenvalue weighted by Crippen LogP contribution is 2.17. The second kappa shape index (κ2) is 8.15. The van der Waals surface area contributed by atoms with Gasteiger partial charge < -0.3 is 16.4 Å². The average molecular weight is 271 g/mol. The number of nitrogens with one attached hydrogen (secondary N) is 2. The molecule has 5 nitrogen and oxygen atoms in total. The van der Waals surface area contributed by atoms with Crippen LogP contribution in [0.15, 0.2) is 0 Å². The second-order valence-corrected chi connectivity index (χ2v) is 6.64. The van der Waals surface area contributed by atoms with Gasteiger partial charge in [-0.1, -0.05) is 34.6 Å². The Hall–Kier alpha value is -1.10. The molecular formula is C14H29N3O2. The number of amides is 2. The normalized spacial score (nSPS) is 13.2. The SMILES string of the molecule is CC(C)CC(CN)NC(=O)CNC(=O)CC(C)(C)C. The smallest absolute Gasteiger partial charge is 0.239 e. The summed E-state index contributed by atoms with van der Waals surface area (Å²) in [5.74, 6) is 0.193. The Morgan fingerprint density at radius 2 is 1.74 bits per heavy atom. The van der Waals surface area contributed by atoms with E-state index in [1.807, 2.05) is 20.8 Å². The van der Waals surface area contributed by atoms with E-state index in [0.717, 1.165) is 6.42 Å². The largest absolute Gasteiger partial charge is 0.351 e. The Morgan fingerprint density at radius 1 is 1.16 bits per heavy atom. The highest BCUT2D eigenvalue weighted by atomic mass is 16.2. The number of hydrogen-bond acceptors (Lipinski definition) is 3. The lowest BCUT2D eigenvalue weighted by molar-refractivity contribution is -0.127. The van der Waals surface area contributed by atoms with E-state index in [0.29, 0.717) is 18.9 Å². The first kappa shape index (κ1) is 17.9. The first-order valence-electron chi connectivity index (χ1n) is 6.90. The molecular weight excluding hydrogens is 242 g/mol. The zero-order chi connectivity index (χ0) is 15.1. The van der Waals surface area contributed by atoms with Gasteiger partial charge >= 0.3 is 0 Å². The van der Waals surface area contributed by atoms with Gasteiger partial charge in [-0.15, -0.1) is 0 Å². The minimum atomic E-state index is -0.182. The van der Waals surface area contributed by atoms with Crippen molar-refractivity contribution in [3.05, 3.63) is 0 Å². The summed E-state index contributed by atoms with van der Waals surface area (Å²) >= 11 is 0. The Kier molecular flexibility index (Phi) is 7.68. The van der Waals surface area contributed by atoms with Gasteiger partial charge in [0.2, 0.25) is 11.8 Å². The number of rotatable bonds is 7. The number of carbonyl (C=O) groups is 2. The molecule has 0 spiro atoms. The summed E-state index contributed by atoms with van der Waals surface area (Å²) in [6, 6.07) is -0.0213. The van der Waals surface area contributed by atoms with Gasteiger partial charge in [0.15, 0.2) is 0 Å². The predicted octanol–water partition coefficient (Wildman–Crippen LogP) is 1.03. The molecule has 1 atom stereocenters. The van der Waals surface area contributed by atoms with Gasteiger partial charge in [0.25, 0.3) is 0 Å². The van der Waals surface area contributed by atoms with Crippen LogP contribution in [-0.2, 0) is 9.59 Å². The van der Waals surface area contributed by atoms with Crippen molar-refractivity contribution in [3.8, 4) is 0 Å². The van der Waals surface area contributed by atoms with E-state index in [-0.39, 0.29) is 29.8 Å². The third-order valence-electron chi connectivity index (χ3n) is 2.54. The Morgan fingerprint density at radius 3 is 2.16 bits per heavy atom. The second-order valence-electron chi connectivity index (χ2n) is 6.64. The molecule has 2 amide bonds. The van der Waals surface area contributed by atoms with Crippen LogP contribution in [0.1, 0.15) is 47.5 Å². The van der Waals surface area contributed by atoms with E-state index in [1.165, 1.54) is 0 Å². The lowest BCUT2D eigenvalue weighted by atomic mass is 9.92. The molecule has 5 heteroatoms. The maximum absolute atomic E-state index is 11.7. The van der Waals surface area contributed by atoms with E-state index in [9.17, 15) is 9.59 Å². The third kappa shape index (κ3) is 10.5. The maximum Gasteiger partial charge on any atom is 0.239 e. The van der Waals surface area contributed by atoms with Crippen molar-refractivity contribution >= 4 is 11.8 Å². The van der Waals surface area contributed by atoms with Crippen molar-refractivity contribution in [2.45, 2.75) is 53.5 Å². The van der Waals surface area contributed by atoms with Crippen molar-refractivity contribution in [2.24, 2.45) is 17.1 Å². The van der Waals surface area contributed by atoms with Crippen molar-refractivity contribution in [3.63, 3.8) is 0 Å². The molecule has 0 aliphatic rings. The van der Waals surface area contributed by atoms with Crippen LogP contribution in [0.3, 0.4) is 0 Å². The molecule has 0 aliphatic heterocycles. The minimum absolute atomic E-state index is 0.0174. The van der Waals surface area contributed by atoms with Crippen LogP contribution in [-0.4, -0.2) is 30.9 Å². The third-order valence-corrected chi connectivity index (χ3v) is 2.54. The number of carbonyl (C=O) groups excluding carboxylic acids is 2. The van der Waals surface area contributed by atoms with Gasteiger partial charge in [0.1, 0.15) is 0 Å². The summed E-state index contributed by atoms with van der Waals surface area (Å²) in [6.45, 7) is 10.6. The molecule has 1 unspecified atom stereocenters. The van der Waals surface area contributed by atoms with Gasteiger partial charge in [-0.3, -0.25) is 9.59 Å². The molecule has 0 aromatic rings. The fourth-order valence-corrected chi connectivity index (χ4v) is 1.78. The molecule has 0 rings (SSSR count). The Labute approximate surface area is 116 Å². The maximum atomic E-state index is 11.7. The van der Waals surface area contributed by atoms with Gasteiger partial charge in [0.05, 0.1) is 6.54 Å². The topological polar surface area (TPSA) is 84.2 Å². The summed E-state index contributed by atoms with van der Waals surface area (Å²) < 4.78 is 0. The van der Waals surface area contributed by atoms with Gasteiger partial charge in [-0.05, 0) is 17.8 Å². The average Bonchev–Trinajstić information content (AvgIpc) is 2.22. The summed E-state index contributed by atoms with van der Waals surface area (Å²) in [5.41, 5.74) is 5.54. The van der Waals surface area contributed by atoms with Crippen LogP contribution in [0.25, 0.3) is 0 Å². The van der Waals surface area contributed by atoms with Crippen LogP contribution >= 0.6 is 0 Å². The molecule has 112 valence electrons. The molecule has 0 fully saturated rings. The van der Waals surface area contributed by atoms with Crippen molar-refractivity contribution in [1.82, 2.24) is 10.6 Å². The van der Waals surface area contributed by atoms with Gasteiger partial charge in [-0.2, -0.15) is 0 Å². The highest BCUT2D eigenvalue weighted by molar-refractivity contribution is 5.85. The number of hydrogen-bond donors (Lipinski definition) is 3. The van der Waals surface area contributed by atoms with Crippen LogP contribution in [0.2, 0.25) is 0 Å². The highest BCUT2D eigenvalue weighted by Gasteiger charge is 2.17. The zero-order valence-electron chi connectivity index (χ0n) is 12.9. The van der Waals surface area contributed by atoms with Crippen LogP contribution in [0, 0.1) is 11.3 Å². The first-order valence-corrected chi connectivity index (χ1v) is 6.90. The van der Waals surface area contributed by atoms with Crippen molar-refractivity contribution in [1.29, 1.82) is 0 Å². The van der Waals surface area contributed by atoms with E-state index in [1.54, 1.807) is 0 Å². The lowest BCUT2D eigenvalue weighted by Crippen LogP contribution is -2.45. The fourth-order valence-electron chi connectivity index (χ4n) is 1.78. The molecule has 0 aromatic carbocycles. The number of nitrogens with two attached hydrogens (primary N) is 1. The van der Waals surface area contributed by atoms with E-state index < -0.39 is 0 Å². The Balaban J connectivity index is 4.01. The monoisotopic (exact) mass is 271 g/mol. The van der Waals surface area contributed by atoms with Gasteiger partial charge in [-0.25, -0.2) is 0 Å². The van der Waals surface area contributed by atoms with Crippen LogP contribution < -0.4 is 16.4 Å².